The highest BCUT2D eigenvalue weighted by Crippen LogP contribution is 2.40. The number of hydrogen-bond donors (Lipinski definition) is 3. The Bertz CT molecular complexity index is 1700. The van der Waals surface area contributed by atoms with Crippen molar-refractivity contribution in [2.45, 2.75) is 90.1 Å². The molecule has 3 N–H and O–H groups in total. The van der Waals surface area contributed by atoms with Crippen LogP contribution in [-0.4, -0.2) is 82.9 Å². The zero-order valence-electron chi connectivity index (χ0n) is 28.9. The summed E-state index contributed by atoms with van der Waals surface area (Å²) in [5, 5.41) is 16.1. The first-order chi connectivity index (χ1) is 23.8. The molecule has 3 aliphatic rings. The van der Waals surface area contributed by atoms with Crippen LogP contribution in [0.4, 0.5) is 4.39 Å². The fourth-order valence-electron chi connectivity index (χ4n) is 6.24. The van der Waals surface area contributed by atoms with Gasteiger partial charge in [0.25, 0.3) is 5.91 Å². The van der Waals surface area contributed by atoms with Gasteiger partial charge in [-0.3, -0.25) is 14.4 Å². The van der Waals surface area contributed by atoms with E-state index in [1.807, 2.05) is 49.4 Å². The van der Waals surface area contributed by atoms with E-state index >= 15 is 0 Å². The van der Waals surface area contributed by atoms with E-state index in [1.165, 1.54) is 16.2 Å². The minimum Gasteiger partial charge on any atom is -0.493 e. The maximum atomic E-state index is 14.5. The molecule has 13 heteroatoms. The average Bonchev–Trinajstić information content (AvgIpc) is 3.46. The third-order valence-electron chi connectivity index (χ3n) is 9.40. The van der Waals surface area contributed by atoms with E-state index in [0.29, 0.717) is 32.0 Å². The number of rotatable bonds is 12. The lowest BCUT2D eigenvalue weighted by Crippen LogP contribution is -2.59. The van der Waals surface area contributed by atoms with Crippen LogP contribution < -0.4 is 15.4 Å². The minimum atomic E-state index is -1.95. The molecule has 3 aromatic rings. The number of ether oxygens (including phenoxy) is 3. The van der Waals surface area contributed by atoms with Crippen LogP contribution in [0.2, 0.25) is 0 Å². The molecule has 1 saturated carbocycles. The van der Waals surface area contributed by atoms with E-state index in [9.17, 15) is 23.9 Å². The predicted octanol–water partition coefficient (Wildman–Crippen LogP) is 4.40. The van der Waals surface area contributed by atoms with Crippen molar-refractivity contribution in [1.29, 1.82) is 0 Å². The first-order valence-electron chi connectivity index (χ1n) is 17.1. The molecule has 0 radical (unpaired) electrons. The number of likely N-dealkylation sites (tertiary alicyclic amines) is 1. The van der Waals surface area contributed by atoms with Crippen molar-refractivity contribution in [2.24, 2.45) is 5.41 Å². The number of benzene rings is 2. The van der Waals surface area contributed by atoms with Gasteiger partial charge >= 0.3 is 0 Å². The number of aryl methyl sites for hydroxylation is 1. The smallest absolute Gasteiger partial charge is 0.258 e. The van der Waals surface area contributed by atoms with Crippen molar-refractivity contribution in [3.05, 3.63) is 70.4 Å². The molecule has 2 saturated heterocycles. The van der Waals surface area contributed by atoms with Gasteiger partial charge in [0.05, 0.1) is 42.0 Å². The first kappa shape index (κ1) is 35.9. The summed E-state index contributed by atoms with van der Waals surface area (Å²) in [6.07, 6.45) is -0.324. The van der Waals surface area contributed by atoms with Crippen LogP contribution in [0, 0.1) is 12.3 Å². The number of carbonyl (C=O) groups is 3. The van der Waals surface area contributed by atoms with Gasteiger partial charge in [0.15, 0.2) is 12.0 Å². The van der Waals surface area contributed by atoms with E-state index in [-0.39, 0.29) is 38.6 Å². The number of nitrogens with one attached hydrogen (secondary N) is 2. The summed E-state index contributed by atoms with van der Waals surface area (Å²) >= 11 is 1.53. The maximum absolute atomic E-state index is 14.5. The number of aromatic nitrogens is 1. The van der Waals surface area contributed by atoms with Crippen LogP contribution in [-0.2, 0) is 36.8 Å². The van der Waals surface area contributed by atoms with Gasteiger partial charge in [0, 0.05) is 37.1 Å². The minimum absolute atomic E-state index is 0.0418. The van der Waals surface area contributed by atoms with Crippen molar-refractivity contribution in [2.75, 3.05) is 26.4 Å². The molecule has 3 fully saturated rings. The standard InChI is InChI=1S/C37H45FN4O7S/c1-22-30(50-21-40-22)25-9-10-26(29(17-25)47-14-11-23-5-7-24(8-6-23)34-48-15-16-49-34)19-39-32(44)28-18-27(43)20-42(28)33(45)31(36(2,3)4)41-35(46)37(38)12-13-37/h5-10,17,21,27-28,31,34,43H,11-16,18-20H2,1-4H3,(H,39,44)(H,41,46)/t27-,28+,31-/m1/s1. The Morgan fingerprint density at radius 2 is 1.86 bits per heavy atom. The summed E-state index contributed by atoms with van der Waals surface area (Å²) in [6.45, 7) is 8.86. The second-order valence-corrected chi connectivity index (χ2v) is 15.2. The van der Waals surface area contributed by atoms with Gasteiger partial charge in [-0.15, -0.1) is 11.3 Å². The molecule has 0 spiro atoms. The SMILES string of the molecule is Cc1ncsc1-c1ccc(CNC(=O)[C@@H]2C[C@@H](O)CN2C(=O)[C@@H](NC(=O)C2(F)CC2)C(C)(C)C)c(OCCc2ccc(C3OCCO3)cc2)c1. The number of nitrogens with zero attached hydrogens (tertiary/aromatic N) is 2. The van der Waals surface area contributed by atoms with Crippen LogP contribution in [0.25, 0.3) is 10.4 Å². The molecule has 0 unspecified atom stereocenters. The van der Waals surface area contributed by atoms with Crippen molar-refractivity contribution in [3.8, 4) is 16.2 Å². The zero-order chi connectivity index (χ0) is 35.6. The first-order valence-corrected chi connectivity index (χ1v) is 17.9. The van der Waals surface area contributed by atoms with Gasteiger partial charge in [-0.1, -0.05) is 57.2 Å². The van der Waals surface area contributed by atoms with Crippen LogP contribution in [0.3, 0.4) is 0 Å². The Labute approximate surface area is 295 Å². The normalized spacial score (nSPS) is 20.8. The number of amides is 3. The average molecular weight is 709 g/mol. The predicted molar refractivity (Wildman–Crippen MR) is 185 cm³/mol. The summed E-state index contributed by atoms with van der Waals surface area (Å²) in [6, 6.07) is 11.8. The highest BCUT2D eigenvalue weighted by atomic mass is 32.1. The van der Waals surface area contributed by atoms with Gasteiger partial charge in [-0.05, 0) is 42.4 Å². The molecule has 0 bridgehead atoms. The molecular formula is C37H45FN4O7S. The van der Waals surface area contributed by atoms with Gasteiger partial charge in [-0.2, -0.15) is 0 Å². The third kappa shape index (κ3) is 8.17. The quantitative estimate of drug-likeness (QED) is 0.252. The lowest BCUT2D eigenvalue weighted by molar-refractivity contribution is -0.145. The van der Waals surface area contributed by atoms with E-state index in [0.717, 1.165) is 32.8 Å². The van der Waals surface area contributed by atoms with Crippen LogP contribution in [0.5, 0.6) is 5.75 Å². The number of alkyl halides is 1. The Hall–Kier alpha value is -3.91. The van der Waals surface area contributed by atoms with E-state index in [1.54, 1.807) is 26.3 Å². The highest BCUT2D eigenvalue weighted by molar-refractivity contribution is 7.13. The van der Waals surface area contributed by atoms with E-state index in [2.05, 4.69) is 15.6 Å². The number of hydrogen-bond acceptors (Lipinski definition) is 9. The van der Waals surface area contributed by atoms with E-state index in [4.69, 9.17) is 14.2 Å². The fraction of sp³-hybridized carbons (Fsp3) is 0.514. The van der Waals surface area contributed by atoms with Gasteiger partial charge in [0.1, 0.15) is 17.8 Å². The van der Waals surface area contributed by atoms with Crippen LogP contribution in [0.1, 0.15) is 68.7 Å². The maximum Gasteiger partial charge on any atom is 0.258 e. The number of aliphatic hydroxyl groups is 1. The van der Waals surface area contributed by atoms with Gasteiger partial charge in [-0.25, -0.2) is 9.37 Å². The Balaban J connectivity index is 1.14. The Morgan fingerprint density at radius 3 is 2.50 bits per heavy atom. The summed E-state index contributed by atoms with van der Waals surface area (Å²) < 4.78 is 32.0. The molecule has 3 atom stereocenters. The largest absolute Gasteiger partial charge is 0.493 e. The molecule has 2 aromatic carbocycles. The van der Waals surface area contributed by atoms with Gasteiger partial charge in [0.2, 0.25) is 11.8 Å². The molecule has 50 heavy (non-hydrogen) atoms. The Morgan fingerprint density at radius 1 is 1.14 bits per heavy atom. The second kappa shape index (κ2) is 14.7. The Kier molecular flexibility index (Phi) is 10.6. The van der Waals surface area contributed by atoms with Crippen LogP contribution in [0.15, 0.2) is 48.0 Å². The molecule has 1 aliphatic carbocycles. The summed E-state index contributed by atoms with van der Waals surface area (Å²) in [7, 11) is 0. The fourth-order valence-corrected chi connectivity index (χ4v) is 7.05. The van der Waals surface area contributed by atoms with Crippen molar-refractivity contribution in [1.82, 2.24) is 20.5 Å². The lowest BCUT2D eigenvalue weighted by atomic mass is 9.85. The summed E-state index contributed by atoms with van der Waals surface area (Å²) in [5.41, 5.74) is 3.73. The molecule has 6 rings (SSSR count). The molecule has 268 valence electrons. The second-order valence-electron chi connectivity index (χ2n) is 14.4. The van der Waals surface area contributed by atoms with Crippen molar-refractivity contribution >= 4 is 29.1 Å². The topological polar surface area (TPSA) is 139 Å². The van der Waals surface area contributed by atoms with Crippen molar-refractivity contribution < 1.29 is 38.1 Å². The number of thiazole rings is 1. The van der Waals surface area contributed by atoms with E-state index < -0.39 is 47.0 Å². The number of carbonyl (C=O) groups excluding carboxylic acids is 3. The zero-order valence-corrected chi connectivity index (χ0v) is 29.7. The molecule has 1 aromatic heterocycles. The van der Waals surface area contributed by atoms with Crippen molar-refractivity contribution in [3.63, 3.8) is 0 Å². The molecule has 11 nitrogen and oxygen atoms in total. The van der Waals surface area contributed by atoms with Crippen LogP contribution >= 0.6 is 11.3 Å². The molecular weight excluding hydrogens is 663 g/mol. The van der Waals surface area contributed by atoms with Gasteiger partial charge < -0.3 is 34.9 Å². The number of β-amino-alcohol motifs (C(OH)–C–C–N with tert-alkyl or cyclic N) is 1. The highest BCUT2D eigenvalue weighted by Gasteiger charge is 2.53. The lowest BCUT2D eigenvalue weighted by Gasteiger charge is -2.35. The number of aliphatic hydroxyl groups excluding tert-OH is 1. The molecule has 2 aliphatic heterocycles. The third-order valence-corrected chi connectivity index (χ3v) is 10.4. The summed E-state index contributed by atoms with van der Waals surface area (Å²) in [5.74, 6) is -1.19. The molecule has 3 heterocycles. The summed E-state index contributed by atoms with van der Waals surface area (Å²) in [4.78, 5) is 46.8. The molecule has 3 amide bonds. The monoisotopic (exact) mass is 708 g/mol. The number of halogens is 1.